The zero-order valence-electron chi connectivity index (χ0n) is 12.2. The van der Waals surface area contributed by atoms with E-state index in [0.717, 1.165) is 19.4 Å². The third kappa shape index (κ3) is 4.79. The molecular weight excluding hydrogens is 222 g/mol. The number of nitrogens with one attached hydrogen (secondary N) is 1. The molecule has 0 fully saturated rings. The van der Waals surface area contributed by atoms with E-state index < -0.39 is 0 Å². The van der Waals surface area contributed by atoms with Gasteiger partial charge in [0.05, 0.1) is 0 Å². The van der Waals surface area contributed by atoms with E-state index in [1.165, 1.54) is 16.7 Å². The Kier molecular flexibility index (Phi) is 6.37. The third-order valence-electron chi connectivity index (χ3n) is 3.53. The highest BCUT2D eigenvalue weighted by atomic mass is 16.3. The molecule has 2 nitrogen and oxygen atoms in total. The van der Waals surface area contributed by atoms with Crippen LogP contribution in [0.25, 0.3) is 0 Å². The first-order valence-electron chi connectivity index (χ1n) is 6.96. The van der Waals surface area contributed by atoms with E-state index in [1.807, 2.05) is 0 Å². The van der Waals surface area contributed by atoms with Crippen LogP contribution >= 0.6 is 0 Å². The fourth-order valence-corrected chi connectivity index (χ4v) is 2.28. The van der Waals surface area contributed by atoms with Gasteiger partial charge in [0.1, 0.15) is 0 Å². The van der Waals surface area contributed by atoms with E-state index in [4.69, 9.17) is 5.11 Å². The highest BCUT2D eigenvalue weighted by Crippen LogP contribution is 2.18. The van der Waals surface area contributed by atoms with E-state index in [0.29, 0.717) is 18.6 Å². The van der Waals surface area contributed by atoms with E-state index >= 15 is 0 Å². The van der Waals surface area contributed by atoms with Gasteiger partial charge >= 0.3 is 0 Å². The van der Waals surface area contributed by atoms with Crippen molar-refractivity contribution in [3.05, 3.63) is 34.9 Å². The SMILES string of the molecule is Cc1ccc(C(C)NCCCC(C)CO)c(C)c1. The summed E-state index contributed by atoms with van der Waals surface area (Å²) in [5.41, 5.74) is 4.06. The van der Waals surface area contributed by atoms with Crippen molar-refractivity contribution in [3.8, 4) is 0 Å². The Labute approximate surface area is 111 Å². The Bertz CT molecular complexity index is 362. The van der Waals surface area contributed by atoms with Crippen LogP contribution in [0.3, 0.4) is 0 Å². The van der Waals surface area contributed by atoms with Crippen LogP contribution in [0.1, 0.15) is 49.4 Å². The molecule has 2 heteroatoms. The van der Waals surface area contributed by atoms with Crippen molar-refractivity contribution < 1.29 is 5.11 Å². The Morgan fingerprint density at radius 2 is 1.94 bits per heavy atom. The standard InChI is InChI=1S/C16H27NO/c1-12-7-8-16(14(3)10-12)15(4)17-9-5-6-13(2)11-18/h7-8,10,13,15,17-18H,5-6,9,11H2,1-4H3. The average molecular weight is 249 g/mol. The molecule has 0 amide bonds. The van der Waals surface area contributed by atoms with E-state index in [2.05, 4.69) is 51.2 Å². The average Bonchev–Trinajstić information content (AvgIpc) is 2.34. The molecule has 0 saturated carbocycles. The second-order valence-electron chi connectivity index (χ2n) is 5.47. The second-order valence-corrected chi connectivity index (χ2v) is 5.47. The first-order valence-corrected chi connectivity index (χ1v) is 6.96. The molecule has 0 aliphatic heterocycles. The lowest BCUT2D eigenvalue weighted by atomic mass is 10.00. The summed E-state index contributed by atoms with van der Waals surface area (Å²) < 4.78 is 0. The number of benzene rings is 1. The van der Waals surface area contributed by atoms with Gasteiger partial charge in [-0.3, -0.25) is 0 Å². The Balaban J connectivity index is 2.38. The van der Waals surface area contributed by atoms with Gasteiger partial charge in [-0.2, -0.15) is 0 Å². The molecule has 0 radical (unpaired) electrons. The van der Waals surface area contributed by atoms with Crippen LogP contribution in [0, 0.1) is 19.8 Å². The van der Waals surface area contributed by atoms with Crippen molar-refractivity contribution in [2.45, 2.75) is 46.6 Å². The van der Waals surface area contributed by atoms with Gasteiger partial charge in [0.25, 0.3) is 0 Å². The normalized spacial score (nSPS) is 14.5. The first-order chi connectivity index (χ1) is 8.54. The number of aliphatic hydroxyl groups is 1. The summed E-state index contributed by atoms with van der Waals surface area (Å²) in [6.45, 7) is 9.92. The maximum atomic E-state index is 8.96. The summed E-state index contributed by atoms with van der Waals surface area (Å²) in [7, 11) is 0. The van der Waals surface area contributed by atoms with Gasteiger partial charge in [-0.05, 0) is 57.2 Å². The minimum atomic E-state index is 0.298. The Hall–Kier alpha value is -0.860. The summed E-state index contributed by atoms with van der Waals surface area (Å²) in [6.07, 6.45) is 2.21. The van der Waals surface area contributed by atoms with Crippen molar-refractivity contribution in [1.82, 2.24) is 5.32 Å². The number of hydrogen-bond donors (Lipinski definition) is 2. The summed E-state index contributed by atoms with van der Waals surface area (Å²) in [6, 6.07) is 7.03. The lowest BCUT2D eigenvalue weighted by Crippen LogP contribution is -2.21. The minimum Gasteiger partial charge on any atom is -0.396 e. The number of aryl methyl sites for hydroxylation is 2. The van der Waals surface area contributed by atoms with Crippen LogP contribution in [0.4, 0.5) is 0 Å². The number of hydrogen-bond acceptors (Lipinski definition) is 2. The molecular formula is C16H27NO. The van der Waals surface area contributed by atoms with E-state index in [1.54, 1.807) is 0 Å². The van der Waals surface area contributed by atoms with Crippen LogP contribution in [0.5, 0.6) is 0 Å². The molecule has 0 saturated heterocycles. The number of aliphatic hydroxyl groups excluding tert-OH is 1. The fraction of sp³-hybridized carbons (Fsp3) is 0.625. The molecule has 1 aromatic carbocycles. The topological polar surface area (TPSA) is 32.3 Å². The highest BCUT2D eigenvalue weighted by molar-refractivity contribution is 5.32. The molecule has 2 N–H and O–H groups in total. The molecule has 2 atom stereocenters. The van der Waals surface area contributed by atoms with E-state index in [9.17, 15) is 0 Å². The zero-order chi connectivity index (χ0) is 13.5. The van der Waals surface area contributed by atoms with E-state index in [-0.39, 0.29) is 0 Å². The fourth-order valence-electron chi connectivity index (χ4n) is 2.28. The predicted octanol–water partition coefficient (Wildman–Crippen LogP) is 3.36. The molecule has 0 aliphatic carbocycles. The molecule has 0 spiro atoms. The van der Waals surface area contributed by atoms with Crippen LogP contribution in [0.15, 0.2) is 18.2 Å². The van der Waals surface area contributed by atoms with Crippen molar-refractivity contribution in [1.29, 1.82) is 0 Å². The molecule has 1 rings (SSSR count). The monoisotopic (exact) mass is 249 g/mol. The molecule has 102 valence electrons. The lowest BCUT2D eigenvalue weighted by Gasteiger charge is -2.17. The Morgan fingerprint density at radius 1 is 1.22 bits per heavy atom. The zero-order valence-corrected chi connectivity index (χ0v) is 12.2. The van der Waals surface area contributed by atoms with Gasteiger partial charge < -0.3 is 10.4 Å². The lowest BCUT2D eigenvalue weighted by molar-refractivity contribution is 0.227. The summed E-state index contributed by atoms with van der Waals surface area (Å²) in [5, 5.41) is 12.5. The Morgan fingerprint density at radius 3 is 2.56 bits per heavy atom. The molecule has 2 unspecified atom stereocenters. The molecule has 0 aliphatic rings. The summed E-state index contributed by atoms with van der Waals surface area (Å²) in [4.78, 5) is 0. The largest absolute Gasteiger partial charge is 0.396 e. The van der Waals surface area contributed by atoms with Crippen molar-refractivity contribution in [2.24, 2.45) is 5.92 Å². The second kappa shape index (κ2) is 7.55. The number of rotatable bonds is 7. The molecule has 0 aromatic heterocycles. The van der Waals surface area contributed by atoms with Crippen LogP contribution in [0.2, 0.25) is 0 Å². The smallest absolute Gasteiger partial charge is 0.0456 e. The predicted molar refractivity (Wildman–Crippen MR) is 77.8 cm³/mol. The highest BCUT2D eigenvalue weighted by Gasteiger charge is 2.07. The molecule has 0 heterocycles. The quantitative estimate of drug-likeness (QED) is 0.726. The van der Waals surface area contributed by atoms with Gasteiger partial charge in [0, 0.05) is 12.6 Å². The van der Waals surface area contributed by atoms with Gasteiger partial charge in [-0.15, -0.1) is 0 Å². The molecule has 0 bridgehead atoms. The van der Waals surface area contributed by atoms with Gasteiger partial charge in [-0.1, -0.05) is 30.7 Å². The first kappa shape index (κ1) is 15.2. The van der Waals surface area contributed by atoms with Crippen molar-refractivity contribution >= 4 is 0 Å². The minimum absolute atomic E-state index is 0.298. The molecule has 18 heavy (non-hydrogen) atoms. The maximum Gasteiger partial charge on any atom is 0.0456 e. The van der Waals surface area contributed by atoms with Crippen molar-refractivity contribution in [2.75, 3.05) is 13.2 Å². The van der Waals surface area contributed by atoms with Crippen LogP contribution in [-0.4, -0.2) is 18.3 Å². The summed E-state index contributed by atoms with van der Waals surface area (Å²) >= 11 is 0. The van der Waals surface area contributed by atoms with Gasteiger partial charge in [-0.25, -0.2) is 0 Å². The van der Waals surface area contributed by atoms with Crippen molar-refractivity contribution in [3.63, 3.8) is 0 Å². The van der Waals surface area contributed by atoms with Gasteiger partial charge in [0.15, 0.2) is 0 Å². The van der Waals surface area contributed by atoms with Crippen LogP contribution in [-0.2, 0) is 0 Å². The van der Waals surface area contributed by atoms with Gasteiger partial charge in [0.2, 0.25) is 0 Å². The molecule has 1 aromatic rings. The summed E-state index contributed by atoms with van der Waals surface area (Å²) in [5.74, 6) is 0.420. The van der Waals surface area contributed by atoms with Crippen LogP contribution < -0.4 is 5.32 Å². The third-order valence-corrected chi connectivity index (χ3v) is 3.53. The maximum absolute atomic E-state index is 8.96.